The van der Waals surface area contributed by atoms with E-state index in [1.54, 1.807) is 60.2 Å². The molecule has 0 aliphatic carbocycles. The van der Waals surface area contributed by atoms with Gasteiger partial charge in [0.1, 0.15) is 17.1 Å². The number of aromatic hydroxyl groups is 2. The lowest BCUT2D eigenvalue weighted by Crippen LogP contribution is -2.27. The maximum absolute atomic E-state index is 12.4. The topological polar surface area (TPSA) is 141 Å². The minimum Gasteiger partial charge on any atom is -0.508 e. The monoisotopic (exact) mass is 595 g/mol. The number of carbonyl (C=O) groups excluding carboxylic acids is 2. The average molecular weight is 596 g/mol. The van der Waals surface area contributed by atoms with E-state index < -0.39 is 11.7 Å². The van der Waals surface area contributed by atoms with Crippen molar-refractivity contribution in [2.45, 2.75) is 71.3 Å². The summed E-state index contributed by atoms with van der Waals surface area (Å²) >= 11 is 0. The van der Waals surface area contributed by atoms with Crippen molar-refractivity contribution in [1.82, 2.24) is 24.5 Å². The summed E-state index contributed by atoms with van der Waals surface area (Å²) in [6.45, 7) is 6.53. The Kier molecular flexibility index (Phi) is 9.92. The van der Waals surface area contributed by atoms with E-state index in [1.807, 2.05) is 10.7 Å². The number of amides is 1. The summed E-state index contributed by atoms with van der Waals surface area (Å²) < 4.78 is 19.3. The van der Waals surface area contributed by atoms with E-state index in [1.165, 1.54) is 17.0 Å². The number of nitrogens with zero attached hydrogens (tertiary/aromatic N) is 5. The molecule has 12 heteroatoms. The third-order valence-electron chi connectivity index (χ3n) is 6.86. The molecule has 0 radical (unpaired) electrons. The molecule has 232 valence electrons. The minimum atomic E-state index is -0.659. The Morgan fingerprint density at radius 3 is 2.23 bits per heavy atom. The molecule has 2 aromatic heterocycles. The number of methoxy groups -OCH3 is 1. The van der Waals surface area contributed by atoms with Gasteiger partial charge in [-0.2, -0.15) is 14.9 Å². The first-order valence-corrected chi connectivity index (χ1v) is 14.3. The number of fused-ring (bicyclic) bond motifs is 2. The Balaban J connectivity index is 0.000000202. The minimum absolute atomic E-state index is 0.0197. The zero-order chi connectivity index (χ0) is 31.3. The Hall–Kier alpha value is -4.16. The first-order valence-electron chi connectivity index (χ1n) is 14.3. The molecule has 0 spiro atoms. The van der Waals surface area contributed by atoms with Crippen LogP contribution >= 0.6 is 0 Å². The molecule has 2 N–H and O–H groups in total. The Labute approximate surface area is 250 Å². The molecule has 0 bridgehead atoms. The highest BCUT2D eigenvalue weighted by molar-refractivity contribution is 5.91. The third kappa shape index (κ3) is 7.82. The lowest BCUT2D eigenvalue weighted by molar-refractivity contribution is -0.128. The molecule has 1 aliphatic rings. The van der Waals surface area contributed by atoms with Gasteiger partial charge >= 0.3 is 6.09 Å². The van der Waals surface area contributed by atoms with E-state index in [0.717, 1.165) is 47.1 Å². The van der Waals surface area contributed by atoms with Crippen LogP contribution in [0.5, 0.6) is 11.5 Å². The number of phenols is 2. The van der Waals surface area contributed by atoms with Gasteiger partial charge in [-0.1, -0.05) is 0 Å². The van der Waals surface area contributed by atoms with E-state index in [9.17, 15) is 19.8 Å². The number of phenolic OH excluding ortho intramolecular Hbond substituents is 2. The lowest BCUT2D eigenvalue weighted by atomic mass is 10.1. The summed E-state index contributed by atoms with van der Waals surface area (Å²) in [7, 11) is 5.04. The number of aryl methyl sites for hydroxylation is 1. The Bertz CT molecular complexity index is 1580. The largest absolute Gasteiger partial charge is 0.508 e. The maximum Gasteiger partial charge on any atom is 0.435 e. The fourth-order valence-corrected chi connectivity index (χ4v) is 4.82. The number of ether oxygens (including phenoxy) is 3. The van der Waals surface area contributed by atoms with Crippen molar-refractivity contribution >= 4 is 33.8 Å². The molecule has 1 saturated heterocycles. The highest BCUT2D eigenvalue weighted by Crippen LogP contribution is 2.30. The normalized spacial score (nSPS) is 15.3. The molecule has 1 amide bonds. The second kappa shape index (κ2) is 13.4. The van der Waals surface area contributed by atoms with Crippen molar-refractivity contribution in [2.24, 2.45) is 0 Å². The number of carbonyl (C=O) groups is 2. The number of aromatic nitrogens is 4. The molecule has 1 atom stereocenters. The van der Waals surface area contributed by atoms with Gasteiger partial charge in [-0.05, 0) is 64.3 Å². The number of benzene rings is 2. The van der Waals surface area contributed by atoms with Gasteiger partial charge in [-0.15, -0.1) is 0 Å². The van der Waals surface area contributed by atoms with Gasteiger partial charge in [0.05, 0.1) is 29.0 Å². The van der Waals surface area contributed by atoms with Gasteiger partial charge in [0.2, 0.25) is 5.91 Å². The highest BCUT2D eigenvalue weighted by Gasteiger charge is 2.23. The van der Waals surface area contributed by atoms with Gasteiger partial charge in [-0.3, -0.25) is 4.79 Å². The molecule has 12 nitrogen and oxygen atoms in total. The Morgan fingerprint density at radius 1 is 1.00 bits per heavy atom. The van der Waals surface area contributed by atoms with Crippen molar-refractivity contribution in [3.63, 3.8) is 0 Å². The van der Waals surface area contributed by atoms with E-state index >= 15 is 0 Å². The van der Waals surface area contributed by atoms with Crippen LogP contribution in [0.3, 0.4) is 0 Å². The second-order valence-electron chi connectivity index (χ2n) is 11.7. The van der Waals surface area contributed by atoms with Crippen LogP contribution in [0, 0.1) is 0 Å². The lowest BCUT2D eigenvalue weighted by Gasteiger charge is -2.23. The van der Waals surface area contributed by atoms with Crippen molar-refractivity contribution in [2.75, 3.05) is 27.8 Å². The summed E-state index contributed by atoms with van der Waals surface area (Å²) in [5.74, 6) is 0.255. The number of rotatable bonds is 6. The molecular formula is C31H41N5O7. The molecular weight excluding hydrogens is 554 g/mol. The molecule has 4 aromatic rings. The molecule has 43 heavy (non-hydrogen) atoms. The van der Waals surface area contributed by atoms with E-state index in [-0.39, 0.29) is 30.1 Å². The summed E-state index contributed by atoms with van der Waals surface area (Å²) in [6, 6.07) is 9.97. The fourth-order valence-electron chi connectivity index (χ4n) is 4.82. The predicted molar refractivity (Wildman–Crippen MR) is 161 cm³/mol. The van der Waals surface area contributed by atoms with Gasteiger partial charge in [-0.25, -0.2) is 9.48 Å². The quantitative estimate of drug-likeness (QED) is 0.310. The highest BCUT2D eigenvalue weighted by atomic mass is 16.6. The maximum atomic E-state index is 12.4. The molecule has 3 heterocycles. The van der Waals surface area contributed by atoms with Gasteiger partial charge < -0.3 is 29.3 Å². The zero-order valence-electron chi connectivity index (χ0n) is 25.7. The smallest absolute Gasteiger partial charge is 0.435 e. The van der Waals surface area contributed by atoms with E-state index in [4.69, 9.17) is 14.2 Å². The molecule has 1 unspecified atom stereocenters. The second-order valence-corrected chi connectivity index (χ2v) is 11.7. The Morgan fingerprint density at radius 2 is 1.65 bits per heavy atom. The van der Waals surface area contributed by atoms with Gasteiger partial charge in [0.15, 0.2) is 6.23 Å². The SMILES string of the molecule is CN(C)C(=O)CCc1nn(C(=O)OC(C)(C)C)c2cc(O)ccc12.COCc1nn(C2CCCCO2)c2cc(O)ccc12. The molecule has 2 aromatic carbocycles. The van der Waals surface area contributed by atoms with Crippen LogP contribution in [0.2, 0.25) is 0 Å². The third-order valence-corrected chi connectivity index (χ3v) is 6.86. The first-order chi connectivity index (χ1) is 20.4. The van der Waals surface area contributed by atoms with Gasteiger partial charge in [0.25, 0.3) is 0 Å². The van der Waals surface area contributed by atoms with Crippen LogP contribution in [0.15, 0.2) is 36.4 Å². The first kappa shape index (κ1) is 31.8. The van der Waals surface area contributed by atoms with Gasteiger partial charge in [0, 0.05) is 63.6 Å². The zero-order valence-corrected chi connectivity index (χ0v) is 25.7. The van der Waals surface area contributed by atoms with Crippen LogP contribution in [0.4, 0.5) is 4.79 Å². The van der Waals surface area contributed by atoms with Crippen molar-refractivity contribution < 1.29 is 34.0 Å². The summed E-state index contributed by atoms with van der Waals surface area (Å²) in [6.07, 6.45) is 3.23. The van der Waals surface area contributed by atoms with E-state index in [2.05, 4.69) is 10.2 Å². The van der Waals surface area contributed by atoms with Crippen LogP contribution in [0.1, 0.15) is 64.1 Å². The summed E-state index contributed by atoms with van der Waals surface area (Å²) in [5.41, 5.74) is 2.20. The van der Waals surface area contributed by atoms with Crippen LogP contribution in [-0.2, 0) is 32.0 Å². The summed E-state index contributed by atoms with van der Waals surface area (Å²) in [4.78, 5) is 25.7. The van der Waals surface area contributed by atoms with Crippen molar-refractivity contribution in [3.05, 3.63) is 47.8 Å². The molecule has 0 saturated carbocycles. The molecule has 5 rings (SSSR count). The van der Waals surface area contributed by atoms with E-state index in [0.29, 0.717) is 29.6 Å². The van der Waals surface area contributed by atoms with Crippen molar-refractivity contribution in [1.29, 1.82) is 0 Å². The van der Waals surface area contributed by atoms with Crippen LogP contribution in [-0.4, -0.2) is 80.1 Å². The summed E-state index contributed by atoms with van der Waals surface area (Å²) in [5, 5.41) is 30.0. The fraction of sp³-hybridized carbons (Fsp3) is 0.484. The van der Waals surface area contributed by atoms with Crippen molar-refractivity contribution in [3.8, 4) is 11.5 Å². The van der Waals surface area contributed by atoms with Crippen LogP contribution in [0.25, 0.3) is 21.8 Å². The average Bonchev–Trinajstić information content (AvgIpc) is 3.49. The standard InChI is InChI=1S/C17H23N3O4.C14H18N2O3/c1-17(2,3)24-16(23)20-14-10-11(21)6-7-12(14)13(18-20)8-9-15(22)19(4)5;1-18-9-12-11-6-5-10(17)8-13(11)16(15-12)14-4-2-3-7-19-14/h6-7,10,21H,8-9H2,1-5H3;5-6,8,14,17H,2-4,7,9H2,1H3. The molecule has 1 aliphatic heterocycles. The predicted octanol–water partition coefficient (Wildman–Crippen LogP) is 5.13. The number of hydrogen-bond donors (Lipinski definition) is 2. The van der Waals surface area contributed by atoms with Crippen LogP contribution < -0.4 is 0 Å². The molecule has 1 fully saturated rings. The number of hydrogen-bond acceptors (Lipinski definition) is 9.